The first-order valence-electron chi connectivity index (χ1n) is 7.67. The Hall–Kier alpha value is -1.12. The van der Waals surface area contributed by atoms with Crippen LogP contribution in [0.15, 0.2) is 42.0 Å². The average Bonchev–Trinajstić information content (AvgIpc) is 2.89. The minimum Gasteiger partial charge on any atom is -0.386 e. The Kier molecular flexibility index (Phi) is 2.36. The van der Waals surface area contributed by atoms with E-state index in [4.69, 9.17) is 4.74 Å². The van der Waals surface area contributed by atoms with Crippen molar-refractivity contribution in [3.8, 4) is 0 Å². The van der Waals surface area contributed by atoms with Gasteiger partial charge in [0.05, 0.1) is 11.2 Å². The fourth-order valence-electron chi connectivity index (χ4n) is 4.55. The molecule has 1 saturated heterocycles. The largest absolute Gasteiger partial charge is 0.386 e. The number of aliphatic hydroxyl groups is 1. The van der Waals surface area contributed by atoms with Gasteiger partial charge in [0.25, 0.3) is 0 Å². The van der Waals surface area contributed by atoms with E-state index >= 15 is 0 Å². The van der Waals surface area contributed by atoms with Crippen molar-refractivity contribution in [3.63, 3.8) is 0 Å². The van der Waals surface area contributed by atoms with Crippen molar-refractivity contribution in [1.29, 1.82) is 0 Å². The van der Waals surface area contributed by atoms with E-state index < -0.39 is 5.60 Å². The first-order valence-corrected chi connectivity index (χ1v) is 7.67. The fourth-order valence-corrected chi connectivity index (χ4v) is 4.55. The Morgan fingerprint density at radius 1 is 1.10 bits per heavy atom. The van der Waals surface area contributed by atoms with Crippen LogP contribution in [0.3, 0.4) is 0 Å². The highest BCUT2D eigenvalue weighted by Gasteiger charge is 2.59. The molecule has 2 heteroatoms. The van der Waals surface area contributed by atoms with Gasteiger partial charge in [0.15, 0.2) is 0 Å². The van der Waals surface area contributed by atoms with Crippen molar-refractivity contribution in [2.45, 2.75) is 56.3 Å². The number of rotatable bonds is 1. The molecule has 0 radical (unpaired) electrons. The predicted octanol–water partition coefficient (Wildman–Crippen LogP) is 3.55. The summed E-state index contributed by atoms with van der Waals surface area (Å²) in [4.78, 5) is 0. The molecule has 1 aliphatic carbocycles. The average molecular weight is 270 g/mol. The van der Waals surface area contributed by atoms with Crippen molar-refractivity contribution in [3.05, 3.63) is 47.5 Å². The maximum atomic E-state index is 10.7. The van der Waals surface area contributed by atoms with E-state index in [1.54, 1.807) is 0 Å². The Balaban J connectivity index is 1.89. The summed E-state index contributed by atoms with van der Waals surface area (Å²) in [7, 11) is 0. The second kappa shape index (κ2) is 3.75. The maximum absolute atomic E-state index is 10.7. The van der Waals surface area contributed by atoms with E-state index in [-0.39, 0.29) is 11.2 Å². The first-order chi connectivity index (χ1) is 9.45. The Labute approximate surface area is 120 Å². The van der Waals surface area contributed by atoms with Crippen LogP contribution in [0.25, 0.3) is 0 Å². The molecule has 2 bridgehead atoms. The molecule has 4 unspecified atom stereocenters. The minimum absolute atomic E-state index is 0.111. The highest BCUT2D eigenvalue weighted by atomic mass is 16.5. The van der Waals surface area contributed by atoms with E-state index in [2.05, 4.69) is 37.3 Å². The summed E-state index contributed by atoms with van der Waals surface area (Å²) >= 11 is 0. The molecule has 2 fully saturated rings. The van der Waals surface area contributed by atoms with Crippen LogP contribution >= 0.6 is 0 Å². The fraction of sp³-hybridized carbons (Fsp3) is 0.556. The summed E-state index contributed by atoms with van der Waals surface area (Å²) in [6.07, 6.45) is 6.23. The summed E-state index contributed by atoms with van der Waals surface area (Å²) in [5.41, 5.74) is 1.35. The van der Waals surface area contributed by atoms with Gasteiger partial charge in [0.1, 0.15) is 5.60 Å². The highest BCUT2D eigenvalue weighted by Crippen LogP contribution is 2.60. The summed E-state index contributed by atoms with van der Waals surface area (Å²) in [6.45, 7) is 4.20. The molecule has 1 N–H and O–H groups in total. The first kappa shape index (κ1) is 12.6. The second-order valence-corrected chi connectivity index (χ2v) is 7.14. The standard InChI is InChI=1S/C18H22O2/c1-16(19)9-8-14-15(16)12-18(11-10-17(14,2)20-18)13-6-4-3-5-7-13/h3-7,12,14,19H,8-11H2,1-2H3. The number of benzene rings is 1. The number of ether oxygens (including phenoxy) is 1. The van der Waals surface area contributed by atoms with Crippen LogP contribution < -0.4 is 0 Å². The third kappa shape index (κ3) is 1.52. The zero-order valence-electron chi connectivity index (χ0n) is 12.2. The third-order valence-electron chi connectivity index (χ3n) is 5.71. The lowest BCUT2D eigenvalue weighted by molar-refractivity contribution is -0.110. The zero-order valence-corrected chi connectivity index (χ0v) is 12.2. The summed E-state index contributed by atoms with van der Waals surface area (Å²) in [5.74, 6) is 0.386. The van der Waals surface area contributed by atoms with Gasteiger partial charge in [0, 0.05) is 5.92 Å². The van der Waals surface area contributed by atoms with Gasteiger partial charge in [-0.3, -0.25) is 0 Å². The molecule has 1 aromatic rings. The van der Waals surface area contributed by atoms with Gasteiger partial charge >= 0.3 is 0 Å². The van der Waals surface area contributed by atoms with Crippen LogP contribution in [0.1, 0.15) is 45.1 Å². The smallest absolute Gasteiger partial charge is 0.112 e. The monoisotopic (exact) mass is 270 g/mol. The van der Waals surface area contributed by atoms with Gasteiger partial charge in [-0.05, 0) is 56.7 Å². The van der Waals surface area contributed by atoms with Crippen molar-refractivity contribution >= 4 is 0 Å². The van der Waals surface area contributed by atoms with Gasteiger partial charge in [-0.2, -0.15) is 0 Å². The van der Waals surface area contributed by atoms with Crippen molar-refractivity contribution in [2.24, 2.45) is 5.92 Å². The molecule has 2 aliphatic heterocycles. The van der Waals surface area contributed by atoms with E-state index in [1.165, 1.54) is 11.1 Å². The zero-order chi connectivity index (χ0) is 14.0. The molecule has 0 amide bonds. The SMILES string of the molecule is CC1(O)CCC2C1=CC1(c3ccccc3)CCC2(C)O1. The van der Waals surface area contributed by atoms with Crippen LogP contribution in [-0.4, -0.2) is 16.3 Å². The lowest BCUT2D eigenvalue weighted by Crippen LogP contribution is -2.43. The van der Waals surface area contributed by atoms with Gasteiger partial charge in [-0.1, -0.05) is 30.3 Å². The maximum Gasteiger partial charge on any atom is 0.112 e. The van der Waals surface area contributed by atoms with E-state index in [1.807, 2.05) is 13.0 Å². The van der Waals surface area contributed by atoms with Crippen LogP contribution in [-0.2, 0) is 10.3 Å². The molecule has 20 heavy (non-hydrogen) atoms. The molecule has 1 aromatic carbocycles. The lowest BCUT2D eigenvalue weighted by Gasteiger charge is -2.42. The number of hydrogen-bond donors (Lipinski definition) is 1. The molecule has 3 aliphatic rings. The summed E-state index contributed by atoms with van der Waals surface area (Å²) in [6, 6.07) is 10.5. The molecular formula is C18H22O2. The quantitative estimate of drug-likeness (QED) is 0.791. The van der Waals surface area contributed by atoms with Gasteiger partial charge in [-0.15, -0.1) is 0 Å². The van der Waals surface area contributed by atoms with Gasteiger partial charge in [0.2, 0.25) is 0 Å². The Morgan fingerprint density at radius 2 is 1.85 bits per heavy atom. The molecule has 1 saturated carbocycles. The van der Waals surface area contributed by atoms with Crippen LogP contribution in [0.5, 0.6) is 0 Å². The van der Waals surface area contributed by atoms with Gasteiger partial charge < -0.3 is 9.84 Å². The summed E-state index contributed by atoms with van der Waals surface area (Å²) < 4.78 is 6.58. The van der Waals surface area contributed by atoms with Crippen molar-refractivity contribution in [1.82, 2.24) is 0 Å². The van der Waals surface area contributed by atoms with Crippen molar-refractivity contribution in [2.75, 3.05) is 0 Å². The van der Waals surface area contributed by atoms with Gasteiger partial charge in [-0.25, -0.2) is 0 Å². The third-order valence-corrected chi connectivity index (χ3v) is 5.71. The molecule has 4 rings (SSSR count). The molecule has 2 nitrogen and oxygen atoms in total. The minimum atomic E-state index is -0.653. The Bertz CT molecular complexity index is 574. The lowest BCUT2D eigenvalue weighted by atomic mass is 9.79. The van der Waals surface area contributed by atoms with Crippen molar-refractivity contribution < 1.29 is 9.84 Å². The van der Waals surface area contributed by atoms with E-state index in [0.29, 0.717) is 5.92 Å². The molecular weight excluding hydrogens is 248 g/mol. The molecule has 4 atom stereocenters. The number of hydrogen-bond acceptors (Lipinski definition) is 2. The summed E-state index contributed by atoms with van der Waals surface area (Å²) in [5, 5.41) is 10.7. The van der Waals surface area contributed by atoms with E-state index in [9.17, 15) is 5.11 Å². The molecule has 0 aromatic heterocycles. The Morgan fingerprint density at radius 3 is 2.60 bits per heavy atom. The topological polar surface area (TPSA) is 29.5 Å². The highest BCUT2D eigenvalue weighted by molar-refractivity contribution is 5.40. The molecule has 106 valence electrons. The molecule has 2 heterocycles. The van der Waals surface area contributed by atoms with Crippen LogP contribution in [0.2, 0.25) is 0 Å². The van der Waals surface area contributed by atoms with Crippen LogP contribution in [0.4, 0.5) is 0 Å². The van der Waals surface area contributed by atoms with E-state index in [0.717, 1.165) is 25.7 Å². The van der Waals surface area contributed by atoms with Crippen LogP contribution in [0, 0.1) is 5.92 Å². The molecule has 0 spiro atoms. The normalized spacial score (nSPS) is 46.1. The number of fused-ring (bicyclic) bond motifs is 4. The predicted molar refractivity (Wildman–Crippen MR) is 78.3 cm³/mol. The second-order valence-electron chi connectivity index (χ2n) is 7.14.